The van der Waals surface area contributed by atoms with Crippen molar-refractivity contribution < 1.29 is 4.79 Å². The zero-order valence-corrected chi connectivity index (χ0v) is 15.5. The number of nitrogens with zero attached hydrogens (tertiary/aromatic N) is 3. The third-order valence-corrected chi connectivity index (χ3v) is 5.01. The fourth-order valence-corrected chi connectivity index (χ4v) is 3.38. The molecule has 2 N–H and O–H groups in total. The van der Waals surface area contributed by atoms with Crippen LogP contribution in [-0.4, -0.2) is 25.7 Å². The third kappa shape index (κ3) is 4.20. The van der Waals surface area contributed by atoms with Gasteiger partial charge in [0.2, 0.25) is 5.56 Å². The lowest BCUT2D eigenvalue weighted by atomic mass is 10.1. The van der Waals surface area contributed by atoms with E-state index in [4.69, 9.17) is 0 Å². The number of aromatic amines is 1. The molecular weight excluding hydrogens is 350 g/mol. The van der Waals surface area contributed by atoms with Crippen LogP contribution in [0.1, 0.15) is 33.8 Å². The van der Waals surface area contributed by atoms with Gasteiger partial charge >= 0.3 is 0 Å². The number of hydrogen-bond acceptors (Lipinski definition) is 5. The summed E-state index contributed by atoms with van der Waals surface area (Å²) in [6.45, 7) is 3.84. The second kappa shape index (κ2) is 7.57. The lowest BCUT2D eigenvalue weighted by Gasteiger charge is -2.13. The number of aryl methyl sites for hydroxylation is 2. The topological polar surface area (TPSA) is 92.7 Å². The normalized spacial score (nSPS) is 12.0. The molecule has 7 nitrogen and oxygen atoms in total. The largest absolute Gasteiger partial charge is 0.321 e. The first-order valence-corrected chi connectivity index (χ1v) is 8.93. The van der Waals surface area contributed by atoms with Crippen LogP contribution in [0, 0.1) is 6.92 Å². The first-order valence-electron chi connectivity index (χ1n) is 8.05. The highest BCUT2D eigenvalue weighted by Crippen LogP contribution is 2.34. The van der Waals surface area contributed by atoms with E-state index >= 15 is 0 Å². The molecule has 0 radical (unpaired) electrons. The molecule has 2 aromatic heterocycles. The number of rotatable bonds is 5. The Labute approximate surface area is 154 Å². The van der Waals surface area contributed by atoms with Gasteiger partial charge in [-0.05, 0) is 43.2 Å². The standard InChI is InChI=1S/C18H19N5O2S/c1-11-7-15(21-16(24)8-11)17(25)20-14-6-4-5-13(9-14)12(2)26-18-22-19-10-23(18)3/h4-10,12H,1-3H3,(H,20,25)(H,21,24)/t12-/m0/s1. The molecule has 0 aliphatic heterocycles. The van der Waals surface area contributed by atoms with Crippen molar-refractivity contribution in [3.8, 4) is 0 Å². The van der Waals surface area contributed by atoms with Crippen LogP contribution in [0.4, 0.5) is 5.69 Å². The van der Waals surface area contributed by atoms with Crippen LogP contribution >= 0.6 is 11.8 Å². The van der Waals surface area contributed by atoms with Crippen molar-refractivity contribution in [3.05, 3.63) is 69.9 Å². The molecule has 8 heteroatoms. The van der Waals surface area contributed by atoms with E-state index in [0.717, 1.165) is 16.3 Å². The number of thioether (sulfide) groups is 1. The molecule has 1 amide bonds. The van der Waals surface area contributed by atoms with Crippen molar-refractivity contribution >= 4 is 23.4 Å². The number of carbonyl (C=O) groups is 1. The summed E-state index contributed by atoms with van der Waals surface area (Å²) in [5.74, 6) is -0.350. The van der Waals surface area contributed by atoms with Gasteiger partial charge < -0.3 is 14.9 Å². The number of benzene rings is 1. The Balaban J connectivity index is 1.75. The molecule has 0 saturated heterocycles. The molecule has 0 unspecified atom stereocenters. The van der Waals surface area contributed by atoms with Crippen molar-refractivity contribution in [1.29, 1.82) is 0 Å². The summed E-state index contributed by atoms with van der Waals surface area (Å²) >= 11 is 1.59. The number of aromatic nitrogens is 4. The molecule has 0 fully saturated rings. The minimum Gasteiger partial charge on any atom is -0.321 e. The van der Waals surface area contributed by atoms with Crippen molar-refractivity contribution in [1.82, 2.24) is 19.7 Å². The van der Waals surface area contributed by atoms with Crippen LogP contribution in [-0.2, 0) is 7.05 Å². The van der Waals surface area contributed by atoms with Gasteiger partial charge in [-0.2, -0.15) is 0 Å². The Morgan fingerprint density at radius 2 is 2.12 bits per heavy atom. The number of nitrogens with one attached hydrogen (secondary N) is 2. The van der Waals surface area contributed by atoms with Crippen LogP contribution in [0.15, 0.2) is 52.7 Å². The maximum Gasteiger partial charge on any atom is 0.272 e. The maximum atomic E-state index is 12.4. The summed E-state index contributed by atoms with van der Waals surface area (Å²) in [5.41, 5.74) is 2.40. The zero-order valence-electron chi connectivity index (χ0n) is 14.7. The second-order valence-electron chi connectivity index (χ2n) is 6.00. The molecule has 0 bridgehead atoms. The van der Waals surface area contributed by atoms with Crippen LogP contribution in [0.3, 0.4) is 0 Å². The first-order chi connectivity index (χ1) is 12.4. The summed E-state index contributed by atoms with van der Waals surface area (Å²) < 4.78 is 1.86. The van der Waals surface area contributed by atoms with Gasteiger partial charge in [-0.3, -0.25) is 9.59 Å². The molecule has 3 rings (SSSR count). The molecule has 134 valence electrons. The summed E-state index contributed by atoms with van der Waals surface area (Å²) in [7, 11) is 1.90. The van der Waals surface area contributed by atoms with E-state index in [1.807, 2.05) is 35.9 Å². The number of hydrogen-bond donors (Lipinski definition) is 2. The highest BCUT2D eigenvalue weighted by molar-refractivity contribution is 7.99. The van der Waals surface area contributed by atoms with Crippen LogP contribution in [0.5, 0.6) is 0 Å². The van der Waals surface area contributed by atoms with Gasteiger partial charge in [-0.15, -0.1) is 10.2 Å². The van der Waals surface area contributed by atoms with E-state index in [-0.39, 0.29) is 22.4 Å². The first kappa shape index (κ1) is 17.9. The zero-order chi connectivity index (χ0) is 18.7. The fourth-order valence-electron chi connectivity index (χ4n) is 2.48. The summed E-state index contributed by atoms with van der Waals surface area (Å²) in [6, 6.07) is 10.7. The van der Waals surface area contributed by atoms with E-state index in [2.05, 4.69) is 27.4 Å². The molecule has 0 aliphatic carbocycles. The van der Waals surface area contributed by atoms with Crippen LogP contribution < -0.4 is 10.9 Å². The predicted octanol–water partition coefficient (Wildman–Crippen LogP) is 2.92. The number of carbonyl (C=O) groups excluding carboxylic acids is 1. The van der Waals surface area contributed by atoms with E-state index < -0.39 is 0 Å². The van der Waals surface area contributed by atoms with Gasteiger partial charge in [0.05, 0.1) is 0 Å². The Morgan fingerprint density at radius 3 is 2.81 bits per heavy atom. The minimum atomic E-state index is -0.350. The maximum absolute atomic E-state index is 12.4. The molecule has 2 heterocycles. The van der Waals surface area contributed by atoms with E-state index in [1.165, 1.54) is 6.07 Å². The summed E-state index contributed by atoms with van der Waals surface area (Å²) in [6.07, 6.45) is 1.66. The van der Waals surface area contributed by atoms with Crippen molar-refractivity contribution in [2.24, 2.45) is 7.05 Å². The molecule has 3 aromatic rings. The molecule has 26 heavy (non-hydrogen) atoms. The van der Waals surface area contributed by atoms with Gasteiger partial charge in [-0.1, -0.05) is 23.9 Å². The van der Waals surface area contributed by atoms with Gasteiger partial charge in [0, 0.05) is 24.1 Å². The second-order valence-corrected chi connectivity index (χ2v) is 7.31. The van der Waals surface area contributed by atoms with Gasteiger partial charge in [0.1, 0.15) is 12.0 Å². The summed E-state index contributed by atoms with van der Waals surface area (Å²) in [5, 5.41) is 11.7. The van der Waals surface area contributed by atoms with Crippen molar-refractivity contribution in [2.75, 3.05) is 5.32 Å². The number of pyridine rings is 1. The predicted molar refractivity (Wildman–Crippen MR) is 101 cm³/mol. The monoisotopic (exact) mass is 369 g/mol. The molecule has 0 saturated carbocycles. The third-order valence-electron chi connectivity index (χ3n) is 3.80. The Hall–Kier alpha value is -2.87. The number of anilines is 1. The van der Waals surface area contributed by atoms with Crippen molar-refractivity contribution in [3.63, 3.8) is 0 Å². The quantitative estimate of drug-likeness (QED) is 0.675. The van der Waals surface area contributed by atoms with Gasteiger partial charge in [-0.25, -0.2) is 0 Å². The Bertz CT molecular complexity index is 995. The molecule has 0 aliphatic rings. The number of H-pyrrole nitrogens is 1. The minimum absolute atomic E-state index is 0.133. The fraction of sp³-hybridized carbons (Fsp3) is 0.222. The van der Waals surface area contributed by atoms with E-state index in [9.17, 15) is 9.59 Å². The Morgan fingerprint density at radius 1 is 1.31 bits per heavy atom. The molecule has 1 atom stereocenters. The average Bonchev–Trinajstić information content (AvgIpc) is 2.99. The van der Waals surface area contributed by atoms with Gasteiger partial charge in [0.25, 0.3) is 5.91 Å². The average molecular weight is 369 g/mol. The highest BCUT2D eigenvalue weighted by atomic mass is 32.2. The molecule has 1 aromatic carbocycles. The smallest absolute Gasteiger partial charge is 0.272 e. The molecule has 0 spiro atoms. The summed E-state index contributed by atoms with van der Waals surface area (Å²) in [4.78, 5) is 26.5. The van der Waals surface area contributed by atoms with Crippen LogP contribution in [0.25, 0.3) is 0 Å². The Kier molecular flexibility index (Phi) is 5.22. The lowest BCUT2D eigenvalue weighted by Crippen LogP contribution is -2.18. The highest BCUT2D eigenvalue weighted by Gasteiger charge is 2.13. The van der Waals surface area contributed by atoms with Crippen molar-refractivity contribution in [2.45, 2.75) is 24.3 Å². The van der Waals surface area contributed by atoms with E-state index in [1.54, 1.807) is 31.1 Å². The number of amides is 1. The molecular formula is C18H19N5O2S. The lowest BCUT2D eigenvalue weighted by molar-refractivity contribution is 0.102. The van der Waals surface area contributed by atoms with Crippen LogP contribution in [0.2, 0.25) is 0 Å². The SMILES string of the molecule is Cc1cc(C(=O)Nc2cccc([C@H](C)Sc3nncn3C)c2)[nH]c(=O)c1. The van der Waals surface area contributed by atoms with E-state index in [0.29, 0.717) is 5.69 Å². The van der Waals surface area contributed by atoms with Gasteiger partial charge in [0.15, 0.2) is 5.16 Å².